The average Bonchev–Trinajstić information content (AvgIpc) is 2.64. The van der Waals surface area contributed by atoms with E-state index in [-0.39, 0.29) is 6.10 Å². The Morgan fingerprint density at radius 2 is 1.79 bits per heavy atom. The van der Waals surface area contributed by atoms with Gasteiger partial charge in [0, 0.05) is 13.6 Å². The summed E-state index contributed by atoms with van der Waals surface area (Å²) in [5.41, 5.74) is 2.05. The molecule has 2 aromatic rings. The average molecular weight is 393 g/mol. The summed E-state index contributed by atoms with van der Waals surface area (Å²) in [5, 5.41) is 0. The van der Waals surface area contributed by atoms with Crippen molar-refractivity contribution in [2.75, 3.05) is 7.05 Å². The summed E-state index contributed by atoms with van der Waals surface area (Å²) in [6.45, 7) is 4.32. The summed E-state index contributed by atoms with van der Waals surface area (Å²) in [5.74, 6) is 0. The summed E-state index contributed by atoms with van der Waals surface area (Å²) >= 11 is 0. The number of hydrogen-bond acceptors (Lipinski definition) is 2. The van der Waals surface area contributed by atoms with Gasteiger partial charge >= 0.3 is 12.3 Å². The summed E-state index contributed by atoms with van der Waals surface area (Å²) in [6.07, 6.45) is -3.65. The highest BCUT2D eigenvalue weighted by Crippen LogP contribution is 2.30. The third kappa shape index (κ3) is 6.59. The smallest absolute Gasteiger partial charge is 0.416 e. The molecule has 152 valence electrons. The van der Waals surface area contributed by atoms with Crippen molar-refractivity contribution in [2.45, 2.75) is 51.9 Å². The molecule has 6 heteroatoms. The number of ether oxygens (including phenoxy) is 1. The minimum Gasteiger partial charge on any atom is -0.446 e. The predicted octanol–water partition coefficient (Wildman–Crippen LogP) is 5.99. The number of aryl methyl sites for hydroxylation is 2. The van der Waals surface area contributed by atoms with Gasteiger partial charge in [-0.2, -0.15) is 13.2 Å². The number of carbonyl (C=O) groups excluding carboxylic acids is 1. The molecule has 0 saturated carbocycles. The van der Waals surface area contributed by atoms with Gasteiger partial charge in [0.1, 0.15) is 6.10 Å². The van der Waals surface area contributed by atoms with Gasteiger partial charge in [-0.1, -0.05) is 55.0 Å². The molecule has 0 spiro atoms. The molecule has 0 radical (unpaired) electrons. The normalized spacial score (nSPS) is 12.5. The zero-order valence-electron chi connectivity index (χ0n) is 16.4. The Morgan fingerprint density at radius 1 is 1.11 bits per heavy atom. The zero-order valence-corrected chi connectivity index (χ0v) is 16.4. The molecule has 0 N–H and O–H groups in total. The van der Waals surface area contributed by atoms with E-state index in [0.717, 1.165) is 23.3 Å². The van der Waals surface area contributed by atoms with Gasteiger partial charge in [-0.25, -0.2) is 4.79 Å². The number of halogens is 3. The Kier molecular flexibility index (Phi) is 7.49. The van der Waals surface area contributed by atoms with Gasteiger partial charge in [-0.15, -0.1) is 0 Å². The molecule has 0 aliphatic carbocycles. The Hall–Kier alpha value is -2.50. The lowest BCUT2D eigenvalue weighted by Crippen LogP contribution is -2.31. The van der Waals surface area contributed by atoms with E-state index in [2.05, 4.69) is 0 Å². The van der Waals surface area contributed by atoms with Crippen LogP contribution in [-0.4, -0.2) is 24.1 Å². The molecule has 28 heavy (non-hydrogen) atoms. The van der Waals surface area contributed by atoms with Crippen LogP contribution in [0.1, 0.15) is 42.0 Å². The van der Waals surface area contributed by atoms with Crippen LogP contribution in [0.3, 0.4) is 0 Å². The standard InChI is InChI=1S/C22H26F3NO2/c1-4-20(12-11-17-8-6-10-19(14-17)22(23,24)25)28-21(27)26(3)15-18-9-5-7-16(2)13-18/h5-10,13-14,20H,4,11-12,15H2,1-3H3. The highest BCUT2D eigenvalue weighted by Gasteiger charge is 2.30. The van der Waals surface area contributed by atoms with Gasteiger partial charge < -0.3 is 9.64 Å². The SMILES string of the molecule is CCC(CCc1cccc(C(F)(F)F)c1)OC(=O)N(C)Cc1cccc(C)c1. The fourth-order valence-electron chi connectivity index (χ4n) is 2.96. The van der Waals surface area contributed by atoms with Crippen LogP contribution in [-0.2, 0) is 23.9 Å². The van der Waals surface area contributed by atoms with Crippen LogP contribution in [0.15, 0.2) is 48.5 Å². The molecule has 0 fully saturated rings. The molecule has 0 heterocycles. The van der Waals surface area contributed by atoms with E-state index in [9.17, 15) is 18.0 Å². The number of amides is 1. The van der Waals surface area contributed by atoms with Gasteiger partial charge in [0.2, 0.25) is 0 Å². The van der Waals surface area contributed by atoms with Crippen LogP contribution in [0.25, 0.3) is 0 Å². The van der Waals surface area contributed by atoms with Crippen LogP contribution in [0.4, 0.5) is 18.0 Å². The Morgan fingerprint density at radius 3 is 2.43 bits per heavy atom. The highest BCUT2D eigenvalue weighted by atomic mass is 19.4. The molecule has 0 aliphatic heterocycles. The third-order valence-corrected chi connectivity index (χ3v) is 4.55. The number of benzene rings is 2. The van der Waals surface area contributed by atoms with E-state index in [1.165, 1.54) is 11.0 Å². The van der Waals surface area contributed by atoms with Crippen molar-refractivity contribution < 1.29 is 22.7 Å². The maximum atomic E-state index is 12.8. The Labute approximate surface area is 164 Å². The second kappa shape index (κ2) is 9.62. The Bertz CT molecular complexity index is 789. The molecule has 3 nitrogen and oxygen atoms in total. The van der Waals surface area contributed by atoms with Crippen molar-refractivity contribution in [3.63, 3.8) is 0 Å². The van der Waals surface area contributed by atoms with Crippen LogP contribution in [0, 0.1) is 6.92 Å². The van der Waals surface area contributed by atoms with E-state index < -0.39 is 17.8 Å². The lowest BCUT2D eigenvalue weighted by molar-refractivity contribution is -0.137. The van der Waals surface area contributed by atoms with E-state index >= 15 is 0 Å². The minimum atomic E-state index is -4.36. The fourth-order valence-corrected chi connectivity index (χ4v) is 2.96. The van der Waals surface area contributed by atoms with Gasteiger partial charge in [-0.3, -0.25) is 0 Å². The number of carbonyl (C=O) groups is 1. The van der Waals surface area contributed by atoms with Crippen molar-refractivity contribution in [1.29, 1.82) is 0 Å². The van der Waals surface area contributed by atoms with E-state index in [4.69, 9.17) is 4.74 Å². The molecular formula is C22H26F3NO2. The van der Waals surface area contributed by atoms with Crippen molar-refractivity contribution in [3.8, 4) is 0 Å². The maximum absolute atomic E-state index is 12.8. The van der Waals surface area contributed by atoms with E-state index in [0.29, 0.717) is 31.4 Å². The molecule has 0 saturated heterocycles. The zero-order chi connectivity index (χ0) is 20.7. The number of alkyl halides is 3. The molecule has 0 aliphatic rings. The second-order valence-corrected chi connectivity index (χ2v) is 7.00. The monoisotopic (exact) mass is 393 g/mol. The van der Waals surface area contributed by atoms with Gasteiger partial charge in [0.05, 0.1) is 5.56 Å². The topological polar surface area (TPSA) is 29.5 Å². The van der Waals surface area contributed by atoms with Gasteiger partial charge in [0.15, 0.2) is 0 Å². The molecule has 1 atom stereocenters. The summed E-state index contributed by atoms with van der Waals surface area (Å²) in [4.78, 5) is 13.9. The van der Waals surface area contributed by atoms with Crippen LogP contribution < -0.4 is 0 Å². The van der Waals surface area contributed by atoms with Crippen molar-refractivity contribution in [1.82, 2.24) is 4.90 Å². The first kappa shape index (κ1) is 21.8. The predicted molar refractivity (Wildman–Crippen MR) is 103 cm³/mol. The highest BCUT2D eigenvalue weighted by molar-refractivity contribution is 5.67. The van der Waals surface area contributed by atoms with Crippen molar-refractivity contribution in [2.24, 2.45) is 0 Å². The maximum Gasteiger partial charge on any atom is 0.416 e. The largest absolute Gasteiger partial charge is 0.446 e. The first-order valence-electron chi connectivity index (χ1n) is 9.32. The Balaban J connectivity index is 1.90. The molecule has 1 amide bonds. The van der Waals surface area contributed by atoms with E-state index in [1.807, 2.05) is 38.1 Å². The third-order valence-electron chi connectivity index (χ3n) is 4.55. The molecule has 2 aromatic carbocycles. The fraction of sp³-hybridized carbons (Fsp3) is 0.409. The van der Waals surface area contributed by atoms with Crippen molar-refractivity contribution in [3.05, 3.63) is 70.8 Å². The molecule has 0 aromatic heterocycles. The summed E-state index contributed by atoms with van der Waals surface area (Å²) in [7, 11) is 1.67. The first-order valence-corrected chi connectivity index (χ1v) is 9.32. The molecule has 1 unspecified atom stereocenters. The van der Waals surface area contributed by atoms with E-state index in [1.54, 1.807) is 13.1 Å². The van der Waals surface area contributed by atoms with Crippen LogP contribution >= 0.6 is 0 Å². The number of hydrogen-bond donors (Lipinski definition) is 0. The summed E-state index contributed by atoms with van der Waals surface area (Å²) < 4.78 is 44.0. The molecule has 2 rings (SSSR count). The molecular weight excluding hydrogens is 367 g/mol. The lowest BCUT2D eigenvalue weighted by atomic mass is 10.0. The van der Waals surface area contributed by atoms with Gasteiger partial charge in [0.25, 0.3) is 0 Å². The lowest BCUT2D eigenvalue weighted by Gasteiger charge is -2.22. The first-order chi connectivity index (χ1) is 13.2. The number of nitrogens with zero attached hydrogens (tertiary/aromatic N) is 1. The summed E-state index contributed by atoms with van der Waals surface area (Å²) in [6, 6.07) is 13.2. The molecule has 0 bridgehead atoms. The van der Waals surface area contributed by atoms with Crippen molar-refractivity contribution >= 4 is 6.09 Å². The second-order valence-electron chi connectivity index (χ2n) is 7.00. The number of rotatable bonds is 7. The quantitative estimate of drug-likeness (QED) is 0.578. The van der Waals surface area contributed by atoms with Gasteiger partial charge in [-0.05, 0) is 43.4 Å². The van der Waals surface area contributed by atoms with Crippen LogP contribution in [0.5, 0.6) is 0 Å². The van der Waals surface area contributed by atoms with Crippen LogP contribution in [0.2, 0.25) is 0 Å². The minimum absolute atomic E-state index is 0.345.